The van der Waals surface area contributed by atoms with Crippen molar-refractivity contribution in [2.45, 2.75) is 38.9 Å². The second-order valence-electron chi connectivity index (χ2n) is 5.10. The molecular formula is C11H14BCl2NO2. The van der Waals surface area contributed by atoms with Gasteiger partial charge in [0, 0.05) is 5.46 Å². The molecule has 0 atom stereocenters. The molecule has 17 heavy (non-hydrogen) atoms. The van der Waals surface area contributed by atoms with Gasteiger partial charge in [0.25, 0.3) is 0 Å². The first kappa shape index (κ1) is 13.2. The molecule has 1 aliphatic rings. The molecule has 0 amide bonds. The molecule has 0 bridgehead atoms. The third-order valence-electron chi connectivity index (χ3n) is 3.35. The van der Waals surface area contributed by atoms with Crippen LogP contribution >= 0.6 is 23.2 Å². The molecule has 0 aromatic carbocycles. The summed E-state index contributed by atoms with van der Waals surface area (Å²) in [4.78, 5) is 3.98. The van der Waals surface area contributed by atoms with E-state index in [-0.39, 0.29) is 11.2 Å². The van der Waals surface area contributed by atoms with Crippen LogP contribution in [0.25, 0.3) is 0 Å². The van der Waals surface area contributed by atoms with Gasteiger partial charge in [-0.25, -0.2) is 4.98 Å². The van der Waals surface area contributed by atoms with Crippen molar-refractivity contribution in [2.75, 3.05) is 0 Å². The minimum absolute atomic E-state index is 0.316. The standard InChI is InChI=1S/C11H14BCl2NO2/c1-10(2)11(3,4)17-12(16-10)7-5-6-8(13)15-9(7)14/h5-6H,1-4H3. The summed E-state index contributed by atoms with van der Waals surface area (Å²) in [5, 5.41) is 0.672. The van der Waals surface area contributed by atoms with E-state index in [0.717, 1.165) is 0 Å². The van der Waals surface area contributed by atoms with Crippen molar-refractivity contribution in [2.24, 2.45) is 0 Å². The molecule has 2 heterocycles. The van der Waals surface area contributed by atoms with Crippen molar-refractivity contribution in [1.29, 1.82) is 0 Å². The Hall–Kier alpha value is -0.285. The highest BCUT2D eigenvalue weighted by atomic mass is 35.5. The quantitative estimate of drug-likeness (QED) is 0.582. The van der Waals surface area contributed by atoms with Crippen molar-refractivity contribution in [3.63, 3.8) is 0 Å². The molecular weight excluding hydrogens is 260 g/mol. The largest absolute Gasteiger partial charge is 0.498 e. The normalized spacial score (nSPS) is 21.9. The van der Waals surface area contributed by atoms with Gasteiger partial charge in [-0.2, -0.15) is 0 Å². The van der Waals surface area contributed by atoms with Crippen LogP contribution in [0.2, 0.25) is 10.3 Å². The Balaban J connectivity index is 2.32. The van der Waals surface area contributed by atoms with Gasteiger partial charge < -0.3 is 9.31 Å². The Kier molecular flexibility index (Phi) is 3.19. The van der Waals surface area contributed by atoms with Crippen LogP contribution in [0.4, 0.5) is 0 Å². The minimum Gasteiger partial charge on any atom is -0.399 e. The lowest BCUT2D eigenvalue weighted by Gasteiger charge is -2.32. The zero-order chi connectivity index (χ0) is 12.8. The van der Waals surface area contributed by atoms with Crippen molar-refractivity contribution in [3.05, 3.63) is 22.4 Å². The fourth-order valence-electron chi connectivity index (χ4n) is 1.57. The first-order chi connectivity index (χ1) is 7.73. The first-order valence-corrected chi connectivity index (χ1v) is 6.16. The second-order valence-corrected chi connectivity index (χ2v) is 5.85. The molecule has 1 saturated heterocycles. The van der Waals surface area contributed by atoms with Crippen LogP contribution in [-0.4, -0.2) is 23.3 Å². The maximum Gasteiger partial charge on any atom is 0.498 e. The van der Waals surface area contributed by atoms with Gasteiger partial charge in [0.1, 0.15) is 10.3 Å². The molecule has 0 unspecified atom stereocenters. The van der Waals surface area contributed by atoms with E-state index in [0.29, 0.717) is 15.8 Å². The van der Waals surface area contributed by atoms with Gasteiger partial charge in [-0.05, 0) is 33.8 Å². The van der Waals surface area contributed by atoms with E-state index < -0.39 is 7.12 Å². The number of rotatable bonds is 1. The molecule has 2 rings (SSSR count). The lowest BCUT2D eigenvalue weighted by molar-refractivity contribution is 0.00578. The van der Waals surface area contributed by atoms with E-state index in [9.17, 15) is 0 Å². The summed E-state index contributed by atoms with van der Waals surface area (Å²) in [5.41, 5.74) is -0.0731. The first-order valence-electron chi connectivity index (χ1n) is 5.40. The molecule has 1 fully saturated rings. The third-order valence-corrected chi connectivity index (χ3v) is 3.86. The lowest BCUT2D eigenvalue weighted by atomic mass is 9.80. The fraction of sp³-hybridized carbons (Fsp3) is 0.545. The van der Waals surface area contributed by atoms with Crippen LogP contribution in [0.15, 0.2) is 12.1 Å². The van der Waals surface area contributed by atoms with Gasteiger partial charge >= 0.3 is 7.12 Å². The number of pyridine rings is 1. The van der Waals surface area contributed by atoms with Crippen molar-refractivity contribution < 1.29 is 9.31 Å². The molecule has 92 valence electrons. The molecule has 0 N–H and O–H groups in total. The van der Waals surface area contributed by atoms with Gasteiger partial charge in [0.05, 0.1) is 11.2 Å². The average molecular weight is 274 g/mol. The molecule has 3 nitrogen and oxygen atoms in total. The summed E-state index contributed by atoms with van der Waals surface area (Å²) in [6.45, 7) is 7.96. The number of hydrogen-bond acceptors (Lipinski definition) is 3. The molecule has 6 heteroatoms. The zero-order valence-corrected chi connectivity index (χ0v) is 11.8. The SMILES string of the molecule is CC1(C)OB(c2ccc(Cl)nc2Cl)OC1(C)C. The highest BCUT2D eigenvalue weighted by molar-refractivity contribution is 6.65. The fourth-order valence-corrected chi connectivity index (χ4v) is 2.00. The van der Waals surface area contributed by atoms with Gasteiger partial charge in [-0.3, -0.25) is 0 Å². The summed E-state index contributed by atoms with van der Waals surface area (Å²) in [6, 6.07) is 3.45. The van der Waals surface area contributed by atoms with E-state index in [4.69, 9.17) is 32.5 Å². The number of nitrogens with zero attached hydrogens (tertiary/aromatic N) is 1. The molecule has 0 aliphatic carbocycles. The summed E-state index contributed by atoms with van der Waals surface area (Å²) < 4.78 is 11.8. The third kappa shape index (κ3) is 2.32. The highest BCUT2D eigenvalue weighted by Gasteiger charge is 2.52. The zero-order valence-electron chi connectivity index (χ0n) is 10.3. The van der Waals surface area contributed by atoms with Crippen LogP contribution in [-0.2, 0) is 9.31 Å². The predicted molar refractivity (Wildman–Crippen MR) is 70.0 cm³/mol. The van der Waals surface area contributed by atoms with Crippen LogP contribution < -0.4 is 5.46 Å². The molecule has 0 radical (unpaired) electrons. The number of hydrogen-bond donors (Lipinski definition) is 0. The van der Waals surface area contributed by atoms with Crippen molar-refractivity contribution >= 4 is 35.8 Å². The van der Waals surface area contributed by atoms with E-state index in [1.54, 1.807) is 12.1 Å². The van der Waals surface area contributed by atoms with Crippen LogP contribution in [0, 0.1) is 0 Å². The average Bonchev–Trinajstić information content (AvgIpc) is 2.35. The summed E-state index contributed by atoms with van der Waals surface area (Å²) in [5.74, 6) is 0. The van der Waals surface area contributed by atoms with Gasteiger partial charge in [-0.1, -0.05) is 29.3 Å². The monoisotopic (exact) mass is 273 g/mol. The van der Waals surface area contributed by atoms with Crippen LogP contribution in [0.1, 0.15) is 27.7 Å². The maximum absolute atomic E-state index is 6.04. The van der Waals surface area contributed by atoms with Crippen LogP contribution in [0.5, 0.6) is 0 Å². The summed E-state index contributed by atoms with van der Waals surface area (Å²) in [7, 11) is -0.503. The number of halogens is 2. The molecule has 1 aliphatic heterocycles. The Bertz CT molecular complexity index is 435. The van der Waals surface area contributed by atoms with Crippen molar-refractivity contribution in [3.8, 4) is 0 Å². The molecule has 0 saturated carbocycles. The summed E-state index contributed by atoms with van der Waals surface area (Å²) in [6.07, 6.45) is 0. The maximum atomic E-state index is 6.04. The smallest absolute Gasteiger partial charge is 0.399 e. The second kappa shape index (κ2) is 4.13. The highest BCUT2D eigenvalue weighted by Crippen LogP contribution is 2.36. The predicted octanol–water partition coefficient (Wildman–Crippen LogP) is 2.69. The Morgan fingerprint density at radius 3 is 2.06 bits per heavy atom. The van der Waals surface area contributed by atoms with Crippen LogP contribution in [0.3, 0.4) is 0 Å². The van der Waals surface area contributed by atoms with Gasteiger partial charge in [0.15, 0.2) is 0 Å². The Morgan fingerprint density at radius 1 is 1.06 bits per heavy atom. The molecule has 0 spiro atoms. The number of aromatic nitrogens is 1. The van der Waals surface area contributed by atoms with E-state index in [1.165, 1.54) is 0 Å². The molecule has 1 aromatic rings. The van der Waals surface area contributed by atoms with Gasteiger partial charge in [-0.15, -0.1) is 0 Å². The molecule has 1 aromatic heterocycles. The summed E-state index contributed by atoms with van der Waals surface area (Å²) >= 11 is 11.8. The minimum atomic E-state index is -0.503. The Morgan fingerprint density at radius 2 is 1.59 bits per heavy atom. The van der Waals surface area contributed by atoms with Gasteiger partial charge in [0.2, 0.25) is 0 Å². The van der Waals surface area contributed by atoms with Crippen molar-refractivity contribution in [1.82, 2.24) is 4.98 Å². The lowest BCUT2D eigenvalue weighted by Crippen LogP contribution is -2.41. The van der Waals surface area contributed by atoms with E-state index in [2.05, 4.69) is 4.98 Å². The van der Waals surface area contributed by atoms with E-state index in [1.807, 2.05) is 27.7 Å². The Labute approximate surface area is 112 Å². The van der Waals surface area contributed by atoms with E-state index >= 15 is 0 Å². The topological polar surface area (TPSA) is 31.4 Å².